The summed E-state index contributed by atoms with van der Waals surface area (Å²) in [5.41, 5.74) is -0.192. The molecule has 0 aliphatic heterocycles. The van der Waals surface area contributed by atoms with E-state index < -0.39 is 16.8 Å². The third-order valence-corrected chi connectivity index (χ3v) is 2.42. The van der Waals surface area contributed by atoms with E-state index in [0.717, 1.165) is 12.3 Å². The predicted octanol–water partition coefficient (Wildman–Crippen LogP) is 1.14. The van der Waals surface area contributed by atoms with Crippen molar-refractivity contribution in [3.63, 3.8) is 0 Å². The van der Waals surface area contributed by atoms with Crippen molar-refractivity contribution < 1.29 is 24.0 Å². The van der Waals surface area contributed by atoms with Crippen LogP contribution < -0.4 is 5.32 Å². The van der Waals surface area contributed by atoms with Gasteiger partial charge >= 0.3 is 5.97 Å². The summed E-state index contributed by atoms with van der Waals surface area (Å²) in [5, 5.41) is 21.6. The molecule has 0 aliphatic rings. The summed E-state index contributed by atoms with van der Waals surface area (Å²) in [4.78, 5) is 34.6. The molecule has 2 aromatic rings. The van der Waals surface area contributed by atoms with Crippen LogP contribution in [-0.4, -0.2) is 26.9 Å². The van der Waals surface area contributed by atoms with Crippen molar-refractivity contribution in [3.8, 4) is 0 Å². The molecule has 2 heterocycles. The lowest BCUT2D eigenvalue weighted by atomic mass is 10.3. The predicted molar refractivity (Wildman–Crippen MR) is 64.3 cm³/mol. The molecule has 0 aliphatic carbocycles. The number of amides is 1. The minimum Gasteiger partial charge on any atom is -0.475 e. The molecule has 0 unspecified atom stereocenters. The number of carboxylic acids is 1. The number of furan rings is 1. The molecule has 104 valence electrons. The Morgan fingerprint density at radius 2 is 2.20 bits per heavy atom. The normalized spacial score (nSPS) is 10.2. The SMILES string of the molecule is O=C(NCc1ccc(C(=O)O)o1)c1cc([N+](=O)[O-])c[nH]1. The number of hydrogen-bond acceptors (Lipinski definition) is 5. The van der Waals surface area contributed by atoms with Gasteiger partial charge in [-0.05, 0) is 12.1 Å². The highest BCUT2D eigenvalue weighted by atomic mass is 16.6. The quantitative estimate of drug-likeness (QED) is 0.554. The maximum absolute atomic E-state index is 11.7. The van der Waals surface area contributed by atoms with E-state index in [4.69, 9.17) is 9.52 Å². The molecule has 3 N–H and O–H groups in total. The van der Waals surface area contributed by atoms with E-state index in [1.807, 2.05) is 0 Å². The van der Waals surface area contributed by atoms with Gasteiger partial charge in [-0.2, -0.15) is 0 Å². The fourth-order valence-electron chi connectivity index (χ4n) is 1.47. The molecule has 0 spiro atoms. The van der Waals surface area contributed by atoms with Gasteiger partial charge in [-0.15, -0.1) is 0 Å². The molecule has 9 nitrogen and oxygen atoms in total. The third-order valence-electron chi connectivity index (χ3n) is 2.42. The summed E-state index contributed by atoms with van der Waals surface area (Å²) >= 11 is 0. The smallest absolute Gasteiger partial charge is 0.371 e. The molecule has 2 aromatic heterocycles. The highest BCUT2D eigenvalue weighted by molar-refractivity contribution is 5.93. The van der Waals surface area contributed by atoms with Gasteiger partial charge in [0, 0.05) is 6.07 Å². The Hall–Kier alpha value is -3.10. The van der Waals surface area contributed by atoms with Gasteiger partial charge in [0.15, 0.2) is 0 Å². The van der Waals surface area contributed by atoms with Crippen LogP contribution in [0.1, 0.15) is 26.8 Å². The molecule has 0 saturated heterocycles. The lowest BCUT2D eigenvalue weighted by Crippen LogP contribution is -2.22. The van der Waals surface area contributed by atoms with Crippen molar-refractivity contribution in [2.24, 2.45) is 0 Å². The Morgan fingerprint density at radius 1 is 1.45 bits per heavy atom. The fourth-order valence-corrected chi connectivity index (χ4v) is 1.47. The molecule has 0 bridgehead atoms. The van der Waals surface area contributed by atoms with Crippen molar-refractivity contribution in [1.29, 1.82) is 0 Å². The maximum Gasteiger partial charge on any atom is 0.371 e. The van der Waals surface area contributed by atoms with Crippen LogP contribution in [0.2, 0.25) is 0 Å². The maximum atomic E-state index is 11.7. The molecule has 0 saturated carbocycles. The van der Waals surface area contributed by atoms with E-state index >= 15 is 0 Å². The van der Waals surface area contributed by atoms with Gasteiger partial charge in [0.1, 0.15) is 11.5 Å². The number of rotatable bonds is 5. The minimum atomic E-state index is -1.21. The Kier molecular flexibility index (Phi) is 3.51. The van der Waals surface area contributed by atoms with Crippen LogP contribution in [0, 0.1) is 10.1 Å². The minimum absolute atomic E-state index is 0.0288. The van der Waals surface area contributed by atoms with Crippen LogP contribution in [-0.2, 0) is 6.54 Å². The summed E-state index contributed by atoms with van der Waals surface area (Å²) in [6, 6.07) is 3.78. The number of carboxylic acid groups (broad SMARTS) is 1. The van der Waals surface area contributed by atoms with Crippen molar-refractivity contribution in [1.82, 2.24) is 10.3 Å². The van der Waals surface area contributed by atoms with E-state index in [-0.39, 0.29) is 29.4 Å². The number of nitro groups is 1. The Bertz CT molecular complexity index is 671. The van der Waals surface area contributed by atoms with Crippen LogP contribution in [0.5, 0.6) is 0 Å². The standard InChI is InChI=1S/C11H9N3O6/c15-10(8-3-6(4-12-8)14(18)19)13-5-7-1-2-9(20-7)11(16)17/h1-4,12H,5H2,(H,13,15)(H,16,17). The molecular weight excluding hydrogens is 270 g/mol. The Morgan fingerprint density at radius 3 is 2.75 bits per heavy atom. The van der Waals surface area contributed by atoms with Crippen LogP contribution in [0.25, 0.3) is 0 Å². The summed E-state index contributed by atoms with van der Waals surface area (Å²) in [5.74, 6) is -1.74. The Balaban J connectivity index is 1.97. The molecule has 2 rings (SSSR count). The van der Waals surface area contributed by atoms with Gasteiger partial charge in [0.2, 0.25) is 5.76 Å². The van der Waals surface area contributed by atoms with Gasteiger partial charge in [-0.25, -0.2) is 4.79 Å². The van der Waals surface area contributed by atoms with Gasteiger partial charge in [-0.3, -0.25) is 14.9 Å². The summed E-state index contributed by atoms with van der Waals surface area (Å²) in [7, 11) is 0. The third kappa shape index (κ3) is 2.83. The largest absolute Gasteiger partial charge is 0.475 e. The Labute approximate surface area is 111 Å². The van der Waals surface area contributed by atoms with Gasteiger partial charge in [-0.1, -0.05) is 0 Å². The van der Waals surface area contributed by atoms with Crippen molar-refractivity contribution in [3.05, 3.63) is 51.7 Å². The number of carbonyl (C=O) groups excluding carboxylic acids is 1. The van der Waals surface area contributed by atoms with Gasteiger partial charge in [0.25, 0.3) is 11.6 Å². The summed E-state index contributed by atoms with van der Waals surface area (Å²) in [6.07, 6.45) is 1.10. The zero-order valence-corrected chi connectivity index (χ0v) is 9.95. The summed E-state index contributed by atoms with van der Waals surface area (Å²) in [6.45, 7) is -0.0288. The number of aromatic amines is 1. The highest BCUT2D eigenvalue weighted by Crippen LogP contribution is 2.12. The lowest BCUT2D eigenvalue weighted by molar-refractivity contribution is -0.384. The second-order valence-electron chi connectivity index (χ2n) is 3.78. The molecule has 0 aromatic carbocycles. The number of aromatic carboxylic acids is 1. The zero-order valence-electron chi connectivity index (χ0n) is 9.95. The second kappa shape index (κ2) is 5.26. The van der Waals surface area contributed by atoms with Crippen LogP contribution >= 0.6 is 0 Å². The molecular formula is C11H9N3O6. The van der Waals surface area contributed by atoms with Crippen LogP contribution in [0.15, 0.2) is 28.8 Å². The van der Waals surface area contributed by atoms with E-state index in [2.05, 4.69) is 10.3 Å². The molecule has 0 fully saturated rings. The molecule has 20 heavy (non-hydrogen) atoms. The average Bonchev–Trinajstić information content (AvgIpc) is 3.05. The first-order chi connectivity index (χ1) is 9.47. The number of aromatic nitrogens is 1. The van der Waals surface area contributed by atoms with E-state index in [1.165, 1.54) is 12.1 Å². The molecule has 1 amide bonds. The fraction of sp³-hybridized carbons (Fsp3) is 0.0909. The van der Waals surface area contributed by atoms with Crippen LogP contribution in [0.4, 0.5) is 5.69 Å². The molecule has 0 atom stereocenters. The monoisotopic (exact) mass is 279 g/mol. The number of carbonyl (C=O) groups is 2. The zero-order chi connectivity index (χ0) is 14.7. The first-order valence-electron chi connectivity index (χ1n) is 5.40. The van der Waals surface area contributed by atoms with Crippen molar-refractivity contribution in [2.75, 3.05) is 0 Å². The van der Waals surface area contributed by atoms with E-state index in [9.17, 15) is 19.7 Å². The van der Waals surface area contributed by atoms with Gasteiger partial charge in [0.05, 0.1) is 17.7 Å². The number of hydrogen-bond donors (Lipinski definition) is 3. The first-order valence-corrected chi connectivity index (χ1v) is 5.40. The van der Waals surface area contributed by atoms with Crippen molar-refractivity contribution >= 4 is 17.6 Å². The molecule has 0 radical (unpaired) electrons. The van der Waals surface area contributed by atoms with E-state index in [0.29, 0.717) is 0 Å². The van der Waals surface area contributed by atoms with Crippen molar-refractivity contribution in [2.45, 2.75) is 6.54 Å². The second-order valence-corrected chi connectivity index (χ2v) is 3.78. The average molecular weight is 279 g/mol. The lowest BCUT2D eigenvalue weighted by Gasteiger charge is -2.00. The van der Waals surface area contributed by atoms with E-state index in [1.54, 1.807) is 0 Å². The summed E-state index contributed by atoms with van der Waals surface area (Å²) < 4.78 is 4.94. The highest BCUT2D eigenvalue weighted by Gasteiger charge is 2.15. The number of nitrogens with zero attached hydrogens (tertiary/aromatic N) is 1. The first kappa shape index (κ1) is 13.3. The number of nitrogens with one attached hydrogen (secondary N) is 2. The number of H-pyrrole nitrogens is 1. The van der Waals surface area contributed by atoms with Gasteiger partial charge < -0.3 is 19.8 Å². The topological polar surface area (TPSA) is 138 Å². The molecule has 9 heteroatoms. The van der Waals surface area contributed by atoms with Crippen LogP contribution in [0.3, 0.4) is 0 Å².